The Morgan fingerprint density at radius 2 is 1.78 bits per heavy atom. The molecule has 0 spiro atoms. The van der Waals surface area contributed by atoms with Crippen LogP contribution in [0.3, 0.4) is 0 Å². The molecule has 10 nitrogen and oxygen atoms in total. The van der Waals surface area contributed by atoms with Crippen molar-refractivity contribution < 1.29 is 14.3 Å². The molecule has 2 fully saturated rings. The summed E-state index contributed by atoms with van der Waals surface area (Å²) in [4.78, 5) is 22.2. The molecule has 1 amide bonds. The molecule has 1 aliphatic heterocycles. The molecular weight excluding hydrogens is 458 g/mol. The number of nitrogens with one attached hydrogen (secondary N) is 3. The number of carbonyl (C=O) groups is 1. The number of methoxy groups -OCH3 is 2. The molecule has 3 N–H and O–H groups in total. The van der Waals surface area contributed by atoms with Crippen molar-refractivity contribution in [1.82, 2.24) is 20.2 Å². The number of benzene rings is 2. The molecule has 0 atom stereocenters. The monoisotopic (exact) mass is 487 g/mol. The number of aromatic amines is 1. The Kier molecular flexibility index (Phi) is 6.83. The maximum absolute atomic E-state index is 11.4. The average molecular weight is 488 g/mol. The summed E-state index contributed by atoms with van der Waals surface area (Å²) in [7, 11) is 3.26. The molecule has 2 aliphatic rings. The van der Waals surface area contributed by atoms with Crippen molar-refractivity contribution in [1.29, 1.82) is 0 Å². The summed E-state index contributed by atoms with van der Waals surface area (Å²) < 4.78 is 10.5. The van der Waals surface area contributed by atoms with Gasteiger partial charge in [-0.05, 0) is 55.7 Å². The third-order valence-corrected chi connectivity index (χ3v) is 6.16. The zero-order valence-electron chi connectivity index (χ0n) is 20.3. The summed E-state index contributed by atoms with van der Waals surface area (Å²) >= 11 is 0. The van der Waals surface area contributed by atoms with Crippen LogP contribution in [0.5, 0.6) is 11.5 Å². The van der Waals surface area contributed by atoms with Crippen LogP contribution < -0.4 is 25.0 Å². The second-order valence-electron chi connectivity index (χ2n) is 8.65. The largest absolute Gasteiger partial charge is 0.497 e. The topological polar surface area (TPSA) is 117 Å². The van der Waals surface area contributed by atoms with Gasteiger partial charge in [0, 0.05) is 30.1 Å². The lowest BCUT2D eigenvalue weighted by molar-refractivity contribution is -0.117. The van der Waals surface area contributed by atoms with Gasteiger partial charge in [-0.3, -0.25) is 9.89 Å². The van der Waals surface area contributed by atoms with Gasteiger partial charge in [-0.25, -0.2) is 9.97 Å². The van der Waals surface area contributed by atoms with Crippen molar-refractivity contribution in [3.05, 3.63) is 54.9 Å². The van der Waals surface area contributed by atoms with E-state index in [2.05, 4.69) is 35.7 Å². The van der Waals surface area contributed by atoms with Crippen molar-refractivity contribution in [3.8, 4) is 11.5 Å². The molecule has 4 aromatic rings. The highest BCUT2D eigenvalue weighted by Gasteiger charge is 2.29. The Labute approximate surface area is 209 Å². The molecule has 2 aromatic carbocycles. The molecule has 0 radical (unpaired) electrons. The number of ether oxygens (including phenoxy) is 2. The van der Waals surface area contributed by atoms with E-state index in [0.717, 1.165) is 59.9 Å². The quantitative estimate of drug-likeness (QED) is 0.352. The van der Waals surface area contributed by atoms with E-state index in [1.54, 1.807) is 20.5 Å². The number of nitrogens with zero attached hydrogens (tertiary/aromatic N) is 4. The molecule has 186 valence electrons. The van der Waals surface area contributed by atoms with Crippen LogP contribution in [0.1, 0.15) is 19.3 Å². The predicted octanol–water partition coefficient (Wildman–Crippen LogP) is 4.36. The summed E-state index contributed by atoms with van der Waals surface area (Å²) in [5, 5.41) is 14.4. The van der Waals surface area contributed by atoms with E-state index in [1.165, 1.54) is 6.42 Å². The van der Waals surface area contributed by atoms with Crippen LogP contribution in [-0.4, -0.2) is 53.4 Å². The smallest absolute Gasteiger partial charge is 0.227 e. The molecule has 1 aliphatic carbocycles. The zero-order chi connectivity index (χ0) is 24.9. The van der Waals surface area contributed by atoms with Gasteiger partial charge in [-0.15, -0.1) is 0 Å². The van der Waals surface area contributed by atoms with Crippen LogP contribution in [0.2, 0.25) is 0 Å². The number of rotatable bonds is 7. The first-order chi connectivity index (χ1) is 17.7. The number of amides is 1. The first kappa shape index (κ1) is 23.4. The lowest BCUT2D eigenvalue weighted by Gasteiger charge is -2.33. The number of fused-ring (bicyclic) bond motifs is 1. The molecule has 0 unspecified atom stereocenters. The fraction of sp³-hybridized carbons (Fsp3) is 0.308. The Hall–Kier alpha value is -4.34. The minimum atomic E-state index is 0.134. The third-order valence-electron chi connectivity index (χ3n) is 6.16. The lowest BCUT2D eigenvalue weighted by atomic mass is 10.2. The third kappa shape index (κ3) is 5.17. The molecule has 1 saturated heterocycles. The Morgan fingerprint density at radius 1 is 1.00 bits per heavy atom. The Balaban J connectivity index is 0.000000165. The zero-order valence-corrected chi connectivity index (χ0v) is 20.3. The van der Waals surface area contributed by atoms with E-state index in [-0.39, 0.29) is 11.8 Å². The SMILES string of the molecule is COc1c(Nc2n[nH]c3ccccc23)ncnc1N1CCC1.COc1ccc(NC(=O)C2CC2)cc1. The highest BCUT2D eigenvalue weighted by Crippen LogP contribution is 2.36. The molecule has 1 saturated carbocycles. The summed E-state index contributed by atoms with van der Waals surface area (Å²) in [5.74, 6) is 4.00. The summed E-state index contributed by atoms with van der Waals surface area (Å²) in [6, 6.07) is 15.3. The number of H-pyrrole nitrogens is 1. The van der Waals surface area contributed by atoms with Gasteiger partial charge in [-0.1, -0.05) is 12.1 Å². The molecule has 0 bridgehead atoms. The van der Waals surface area contributed by atoms with Crippen LogP contribution in [0.4, 0.5) is 23.1 Å². The highest BCUT2D eigenvalue weighted by molar-refractivity contribution is 5.94. The van der Waals surface area contributed by atoms with E-state index in [0.29, 0.717) is 11.6 Å². The molecule has 6 rings (SSSR count). The van der Waals surface area contributed by atoms with Gasteiger partial charge in [-0.2, -0.15) is 5.10 Å². The number of para-hydroxylation sites is 1. The predicted molar refractivity (Wildman–Crippen MR) is 139 cm³/mol. The number of aromatic nitrogens is 4. The maximum Gasteiger partial charge on any atom is 0.227 e. The van der Waals surface area contributed by atoms with Gasteiger partial charge in [0.05, 0.1) is 19.7 Å². The summed E-state index contributed by atoms with van der Waals surface area (Å²) in [5.41, 5.74) is 1.81. The van der Waals surface area contributed by atoms with Crippen molar-refractivity contribution in [2.75, 3.05) is 42.8 Å². The standard InChI is InChI=1S/C15H16N6O.C11H13NO2/c1-22-12-14(16-9-17-15(12)21-7-4-8-21)18-13-10-5-2-3-6-11(10)19-20-13;1-14-10-6-4-9(5-7-10)12-11(13)8-2-3-8/h2-3,5-6,9H,4,7-8H2,1H3,(H2,16,17,18,19,20);4-8H,2-3H2,1H3,(H,12,13). The van der Waals surface area contributed by atoms with Crippen LogP contribution in [-0.2, 0) is 4.79 Å². The minimum absolute atomic E-state index is 0.134. The van der Waals surface area contributed by atoms with Crippen molar-refractivity contribution in [2.24, 2.45) is 5.92 Å². The first-order valence-corrected chi connectivity index (χ1v) is 11.9. The number of anilines is 4. The molecule has 3 heterocycles. The highest BCUT2D eigenvalue weighted by atomic mass is 16.5. The van der Waals surface area contributed by atoms with Gasteiger partial charge >= 0.3 is 0 Å². The molecular formula is C26H29N7O3. The number of carbonyl (C=O) groups excluding carboxylic acids is 1. The minimum Gasteiger partial charge on any atom is -0.497 e. The van der Waals surface area contributed by atoms with Gasteiger partial charge < -0.3 is 25.0 Å². The van der Waals surface area contributed by atoms with Gasteiger partial charge in [0.15, 0.2) is 17.5 Å². The van der Waals surface area contributed by atoms with Gasteiger partial charge in [0.2, 0.25) is 11.7 Å². The van der Waals surface area contributed by atoms with Crippen molar-refractivity contribution >= 4 is 40.0 Å². The Morgan fingerprint density at radius 3 is 2.44 bits per heavy atom. The van der Waals surface area contributed by atoms with E-state index in [9.17, 15) is 4.79 Å². The van der Waals surface area contributed by atoms with Crippen LogP contribution >= 0.6 is 0 Å². The summed E-state index contributed by atoms with van der Waals surface area (Å²) in [6.07, 6.45) is 4.79. The molecule has 2 aromatic heterocycles. The maximum atomic E-state index is 11.4. The molecule has 36 heavy (non-hydrogen) atoms. The molecule has 10 heteroatoms. The lowest BCUT2D eigenvalue weighted by Crippen LogP contribution is -2.38. The van der Waals surface area contributed by atoms with Crippen LogP contribution in [0, 0.1) is 5.92 Å². The fourth-order valence-corrected chi connectivity index (χ4v) is 3.83. The van der Waals surface area contributed by atoms with Gasteiger partial charge in [0.25, 0.3) is 0 Å². The van der Waals surface area contributed by atoms with E-state index in [1.807, 2.05) is 48.5 Å². The van der Waals surface area contributed by atoms with E-state index < -0.39 is 0 Å². The second-order valence-corrected chi connectivity index (χ2v) is 8.65. The number of hydrogen-bond acceptors (Lipinski definition) is 8. The second kappa shape index (κ2) is 10.5. The van der Waals surface area contributed by atoms with Gasteiger partial charge in [0.1, 0.15) is 12.1 Å². The van der Waals surface area contributed by atoms with Crippen molar-refractivity contribution in [3.63, 3.8) is 0 Å². The normalized spacial score (nSPS) is 14.3. The number of hydrogen-bond donors (Lipinski definition) is 3. The van der Waals surface area contributed by atoms with Crippen LogP contribution in [0.15, 0.2) is 54.9 Å². The van der Waals surface area contributed by atoms with Crippen LogP contribution in [0.25, 0.3) is 10.9 Å². The first-order valence-electron chi connectivity index (χ1n) is 11.9. The van der Waals surface area contributed by atoms with E-state index in [4.69, 9.17) is 9.47 Å². The van der Waals surface area contributed by atoms with Crippen molar-refractivity contribution in [2.45, 2.75) is 19.3 Å². The average Bonchev–Trinajstić information content (AvgIpc) is 3.66. The summed E-state index contributed by atoms with van der Waals surface area (Å²) in [6.45, 7) is 2.00. The fourth-order valence-electron chi connectivity index (χ4n) is 3.83. The Bertz CT molecular complexity index is 1330. The van der Waals surface area contributed by atoms with E-state index >= 15 is 0 Å².